The average Bonchev–Trinajstić information content (AvgIpc) is 2.36. The standard InChI is InChI=1S/C13H23BN2O/c1-2-9-5-6-10(4-3-7-17)13(16)12(9)11(14)8-15/h5-6,11,17H,2-4,7-8,14-16H2,1H3. The number of benzene rings is 1. The van der Waals surface area contributed by atoms with Gasteiger partial charge in [-0.05, 0) is 48.3 Å². The van der Waals surface area contributed by atoms with Gasteiger partial charge in [-0.3, -0.25) is 0 Å². The number of nitrogens with two attached hydrogens (primary N) is 2. The molecule has 0 saturated carbocycles. The van der Waals surface area contributed by atoms with Crippen LogP contribution in [-0.4, -0.2) is 26.1 Å². The number of anilines is 1. The van der Waals surface area contributed by atoms with Crippen LogP contribution in [-0.2, 0) is 12.8 Å². The fourth-order valence-electron chi connectivity index (χ4n) is 2.22. The van der Waals surface area contributed by atoms with Gasteiger partial charge in [0.2, 0.25) is 0 Å². The first-order chi connectivity index (χ1) is 8.15. The van der Waals surface area contributed by atoms with E-state index in [0.29, 0.717) is 12.4 Å². The second kappa shape index (κ2) is 6.67. The molecule has 0 saturated heterocycles. The highest BCUT2D eigenvalue weighted by Gasteiger charge is 2.14. The van der Waals surface area contributed by atoms with Gasteiger partial charge in [-0.2, -0.15) is 0 Å². The van der Waals surface area contributed by atoms with E-state index in [4.69, 9.17) is 16.6 Å². The molecule has 0 aromatic heterocycles. The van der Waals surface area contributed by atoms with E-state index in [2.05, 4.69) is 26.9 Å². The molecular weight excluding hydrogens is 211 g/mol. The van der Waals surface area contributed by atoms with Crippen LogP contribution < -0.4 is 11.5 Å². The van der Waals surface area contributed by atoms with Gasteiger partial charge in [0, 0.05) is 12.3 Å². The van der Waals surface area contributed by atoms with E-state index in [-0.39, 0.29) is 6.61 Å². The van der Waals surface area contributed by atoms with Crippen molar-refractivity contribution in [2.24, 2.45) is 5.73 Å². The maximum atomic E-state index is 8.88. The SMILES string of the molecule is BC(CN)c1c(CC)ccc(CCCO)c1N. The molecule has 0 fully saturated rings. The Labute approximate surface area is 105 Å². The molecule has 1 aromatic rings. The quantitative estimate of drug-likeness (QED) is 0.492. The van der Waals surface area contributed by atoms with Gasteiger partial charge >= 0.3 is 0 Å². The number of aliphatic hydroxyl groups excluding tert-OH is 1. The summed E-state index contributed by atoms with van der Waals surface area (Å²) in [7, 11) is 2.11. The van der Waals surface area contributed by atoms with Crippen molar-refractivity contribution in [3.8, 4) is 0 Å². The van der Waals surface area contributed by atoms with Crippen LogP contribution >= 0.6 is 0 Å². The first-order valence-corrected chi connectivity index (χ1v) is 6.36. The van der Waals surface area contributed by atoms with Gasteiger partial charge in [-0.15, -0.1) is 0 Å². The summed E-state index contributed by atoms with van der Waals surface area (Å²) in [6, 6.07) is 4.22. The molecule has 17 heavy (non-hydrogen) atoms. The minimum absolute atomic E-state index is 0.205. The molecule has 0 radical (unpaired) electrons. The molecular formula is C13H23BN2O. The highest BCUT2D eigenvalue weighted by atomic mass is 16.2. The lowest BCUT2D eigenvalue weighted by Gasteiger charge is -2.19. The van der Waals surface area contributed by atoms with Crippen LogP contribution in [0.25, 0.3) is 0 Å². The van der Waals surface area contributed by atoms with Gasteiger partial charge in [-0.25, -0.2) is 0 Å². The van der Waals surface area contributed by atoms with Crippen molar-refractivity contribution in [1.82, 2.24) is 0 Å². The van der Waals surface area contributed by atoms with Crippen LogP contribution in [0.5, 0.6) is 0 Å². The smallest absolute Gasteiger partial charge is 0.112 e. The number of aliphatic hydroxyl groups is 1. The second-order valence-corrected chi connectivity index (χ2v) is 4.53. The Balaban J connectivity index is 3.12. The van der Waals surface area contributed by atoms with Gasteiger partial charge in [0.1, 0.15) is 7.85 Å². The maximum absolute atomic E-state index is 8.88. The molecule has 1 atom stereocenters. The van der Waals surface area contributed by atoms with E-state index in [0.717, 1.165) is 30.5 Å². The normalized spacial score (nSPS) is 12.6. The topological polar surface area (TPSA) is 72.3 Å². The van der Waals surface area contributed by atoms with Crippen LogP contribution in [0.4, 0.5) is 5.69 Å². The van der Waals surface area contributed by atoms with E-state index in [1.165, 1.54) is 11.1 Å². The summed E-state index contributed by atoms with van der Waals surface area (Å²) in [6.45, 7) is 2.95. The van der Waals surface area contributed by atoms with E-state index in [1.807, 2.05) is 0 Å². The van der Waals surface area contributed by atoms with Crippen molar-refractivity contribution in [3.05, 3.63) is 28.8 Å². The summed E-state index contributed by atoms with van der Waals surface area (Å²) in [5.74, 6) is 0.291. The largest absolute Gasteiger partial charge is 0.398 e. The van der Waals surface area contributed by atoms with Gasteiger partial charge in [-0.1, -0.05) is 19.1 Å². The molecule has 0 spiro atoms. The van der Waals surface area contributed by atoms with Crippen LogP contribution in [0.15, 0.2) is 12.1 Å². The second-order valence-electron chi connectivity index (χ2n) is 4.53. The molecule has 0 bridgehead atoms. The summed E-state index contributed by atoms with van der Waals surface area (Å²) in [5, 5.41) is 8.88. The highest BCUT2D eigenvalue weighted by molar-refractivity contribution is 6.13. The number of hydrogen-bond acceptors (Lipinski definition) is 3. The molecule has 4 heteroatoms. The fraction of sp³-hybridized carbons (Fsp3) is 0.538. The number of hydrogen-bond donors (Lipinski definition) is 3. The molecule has 5 N–H and O–H groups in total. The fourth-order valence-corrected chi connectivity index (χ4v) is 2.22. The molecule has 1 aromatic carbocycles. The molecule has 0 amide bonds. The van der Waals surface area contributed by atoms with Crippen molar-refractivity contribution in [2.45, 2.75) is 32.0 Å². The third kappa shape index (κ3) is 3.24. The zero-order valence-corrected chi connectivity index (χ0v) is 10.9. The Morgan fingerprint density at radius 3 is 2.53 bits per heavy atom. The van der Waals surface area contributed by atoms with E-state index in [1.54, 1.807) is 0 Å². The summed E-state index contributed by atoms with van der Waals surface area (Å²) in [6.07, 6.45) is 2.56. The first-order valence-electron chi connectivity index (χ1n) is 6.36. The number of nitrogen functional groups attached to an aromatic ring is 1. The van der Waals surface area contributed by atoms with Crippen molar-refractivity contribution in [3.63, 3.8) is 0 Å². The van der Waals surface area contributed by atoms with Gasteiger partial charge in [0.25, 0.3) is 0 Å². The van der Waals surface area contributed by atoms with Gasteiger partial charge in [0.05, 0.1) is 0 Å². The third-order valence-corrected chi connectivity index (χ3v) is 3.30. The molecule has 0 aliphatic heterocycles. The zero-order valence-electron chi connectivity index (χ0n) is 10.9. The summed E-state index contributed by atoms with van der Waals surface area (Å²) in [4.78, 5) is 0. The van der Waals surface area contributed by atoms with E-state index < -0.39 is 0 Å². The first kappa shape index (κ1) is 14.1. The predicted octanol–water partition coefficient (Wildman–Crippen LogP) is 0.389. The average molecular weight is 234 g/mol. The van der Waals surface area contributed by atoms with Crippen molar-refractivity contribution < 1.29 is 5.11 Å². The Morgan fingerprint density at radius 2 is 2.00 bits per heavy atom. The van der Waals surface area contributed by atoms with E-state index in [9.17, 15) is 0 Å². The zero-order chi connectivity index (χ0) is 12.8. The molecule has 1 unspecified atom stereocenters. The van der Waals surface area contributed by atoms with E-state index >= 15 is 0 Å². The van der Waals surface area contributed by atoms with Crippen LogP contribution in [0.1, 0.15) is 35.9 Å². The Bertz CT molecular complexity index is 369. The van der Waals surface area contributed by atoms with Crippen molar-refractivity contribution >= 4 is 13.5 Å². The molecule has 3 nitrogen and oxygen atoms in total. The van der Waals surface area contributed by atoms with Crippen LogP contribution in [0.2, 0.25) is 0 Å². The number of aryl methyl sites for hydroxylation is 2. The highest BCUT2D eigenvalue weighted by Crippen LogP contribution is 2.28. The third-order valence-electron chi connectivity index (χ3n) is 3.30. The molecule has 94 valence electrons. The van der Waals surface area contributed by atoms with Crippen LogP contribution in [0.3, 0.4) is 0 Å². The summed E-state index contributed by atoms with van der Waals surface area (Å²) >= 11 is 0. The van der Waals surface area contributed by atoms with Crippen LogP contribution in [0, 0.1) is 0 Å². The lowest BCUT2D eigenvalue weighted by atomic mass is 9.76. The minimum Gasteiger partial charge on any atom is -0.398 e. The Morgan fingerprint density at radius 1 is 1.35 bits per heavy atom. The van der Waals surface area contributed by atoms with Crippen molar-refractivity contribution in [2.75, 3.05) is 18.9 Å². The lowest BCUT2D eigenvalue weighted by Crippen LogP contribution is -2.17. The molecule has 0 heterocycles. The lowest BCUT2D eigenvalue weighted by molar-refractivity contribution is 0.288. The monoisotopic (exact) mass is 234 g/mol. The maximum Gasteiger partial charge on any atom is 0.112 e. The number of rotatable bonds is 6. The molecule has 0 aliphatic carbocycles. The molecule has 1 rings (SSSR count). The van der Waals surface area contributed by atoms with Gasteiger partial charge in [0.15, 0.2) is 0 Å². The minimum atomic E-state index is 0.205. The predicted molar refractivity (Wildman–Crippen MR) is 76.0 cm³/mol. The Kier molecular flexibility index (Phi) is 5.52. The summed E-state index contributed by atoms with van der Waals surface area (Å²) in [5.41, 5.74) is 16.5. The molecule has 0 aliphatic rings. The van der Waals surface area contributed by atoms with Crippen molar-refractivity contribution in [1.29, 1.82) is 0 Å². The van der Waals surface area contributed by atoms with Gasteiger partial charge < -0.3 is 16.6 Å². The Hall–Kier alpha value is -0.995. The summed E-state index contributed by atoms with van der Waals surface area (Å²) < 4.78 is 0.